The molecule has 17 heavy (non-hydrogen) atoms. The van der Waals surface area contributed by atoms with Crippen molar-refractivity contribution in [3.05, 3.63) is 41.5 Å². The number of aliphatic hydroxyl groups is 1. The second-order valence-electron chi connectivity index (χ2n) is 5.03. The van der Waals surface area contributed by atoms with Gasteiger partial charge < -0.3 is 5.11 Å². The molecular formula is C16H22O. The molecule has 0 radical (unpaired) electrons. The molecule has 0 amide bonds. The van der Waals surface area contributed by atoms with Crippen molar-refractivity contribution in [3.63, 3.8) is 0 Å². The van der Waals surface area contributed by atoms with Gasteiger partial charge in [-0.3, -0.25) is 0 Å². The zero-order valence-corrected chi connectivity index (χ0v) is 10.7. The lowest BCUT2D eigenvalue weighted by atomic mass is 9.84. The first-order valence-electron chi connectivity index (χ1n) is 6.69. The molecule has 1 heteroatoms. The minimum Gasteiger partial charge on any atom is -0.392 e. The van der Waals surface area contributed by atoms with E-state index in [-0.39, 0.29) is 6.61 Å². The van der Waals surface area contributed by atoms with Crippen LogP contribution in [0.1, 0.15) is 56.1 Å². The number of hydrogen-bond acceptors (Lipinski definition) is 1. The lowest BCUT2D eigenvalue weighted by Gasteiger charge is -2.22. The summed E-state index contributed by atoms with van der Waals surface area (Å²) in [6, 6.07) is 8.90. The molecule has 0 atom stereocenters. The summed E-state index contributed by atoms with van der Waals surface area (Å²) in [6.07, 6.45) is 8.74. The lowest BCUT2D eigenvalue weighted by molar-refractivity contribution is 0.343. The van der Waals surface area contributed by atoms with E-state index in [1.807, 2.05) is 13.0 Å². The van der Waals surface area contributed by atoms with Crippen molar-refractivity contribution in [2.75, 3.05) is 6.61 Å². The molecule has 0 bridgehead atoms. The van der Waals surface area contributed by atoms with Crippen molar-refractivity contribution in [1.29, 1.82) is 0 Å². The summed E-state index contributed by atoms with van der Waals surface area (Å²) in [5, 5.41) is 8.88. The number of aliphatic hydroxyl groups excluding tert-OH is 1. The van der Waals surface area contributed by atoms with E-state index in [0.29, 0.717) is 0 Å². The minimum atomic E-state index is 0.121. The topological polar surface area (TPSA) is 20.2 Å². The molecule has 2 rings (SSSR count). The van der Waals surface area contributed by atoms with Gasteiger partial charge in [-0.15, -0.1) is 0 Å². The van der Waals surface area contributed by atoms with Crippen LogP contribution in [-0.2, 0) is 0 Å². The van der Waals surface area contributed by atoms with Crippen LogP contribution in [0.5, 0.6) is 0 Å². The van der Waals surface area contributed by atoms with Gasteiger partial charge in [0.15, 0.2) is 0 Å². The molecular weight excluding hydrogens is 208 g/mol. The third kappa shape index (κ3) is 3.19. The van der Waals surface area contributed by atoms with Gasteiger partial charge in [0.1, 0.15) is 0 Å². The summed E-state index contributed by atoms with van der Waals surface area (Å²) in [5.41, 5.74) is 3.87. The maximum atomic E-state index is 8.88. The third-order valence-electron chi connectivity index (χ3n) is 3.84. The smallest absolute Gasteiger partial charge is 0.0618 e. The van der Waals surface area contributed by atoms with Crippen molar-refractivity contribution in [2.45, 2.75) is 44.9 Å². The highest BCUT2D eigenvalue weighted by atomic mass is 16.2. The fourth-order valence-electron chi connectivity index (χ4n) is 2.71. The molecule has 1 fully saturated rings. The molecule has 0 spiro atoms. The highest BCUT2D eigenvalue weighted by Gasteiger charge is 2.14. The molecule has 0 saturated heterocycles. The predicted molar refractivity (Wildman–Crippen MR) is 73.0 cm³/mol. The van der Waals surface area contributed by atoms with Crippen LogP contribution in [0.15, 0.2) is 30.3 Å². The van der Waals surface area contributed by atoms with E-state index in [2.05, 4.69) is 24.3 Å². The Balaban J connectivity index is 2.09. The van der Waals surface area contributed by atoms with Gasteiger partial charge in [-0.1, -0.05) is 49.6 Å². The molecule has 1 aromatic rings. The summed E-state index contributed by atoms with van der Waals surface area (Å²) in [5.74, 6) is 0.778. The summed E-state index contributed by atoms with van der Waals surface area (Å²) in [6.45, 7) is 2.17. The third-order valence-corrected chi connectivity index (χ3v) is 3.84. The Bertz CT molecular complexity index is 369. The average Bonchev–Trinajstić information content (AvgIpc) is 2.40. The van der Waals surface area contributed by atoms with Gasteiger partial charge in [0.25, 0.3) is 0 Å². The number of hydrogen-bond donors (Lipinski definition) is 1. The SMILES string of the molecule is CC(=CCO)c1ccc(C2CCCCC2)cc1. The predicted octanol–water partition coefficient (Wildman–Crippen LogP) is 4.13. The summed E-state index contributed by atoms with van der Waals surface area (Å²) >= 11 is 0. The van der Waals surface area contributed by atoms with Gasteiger partial charge in [-0.2, -0.15) is 0 Å². The lowest BCUT2D eigenvalue weighted by Crippen LogP contribution is -2.04. The Morgan fingerprint density at radius 1 is 1.18 bits per heavy atom. The van der Waals surface area contributed by atoms with Crippen molar-refractivity contribution >= 4 is 5.57 Å². The Hall–Kier alpha value is -1.08. The molecule has 1 aliphatic carbocycles. The molecule has 1 N–H and O–H groups in total. The highest BCUT2D eigenvalue weighted by Crippen LogP contribution is 2.32. The van der Waals surface area contributed by atoms with Crippen LogP contribution in [0.4, 0.5) is 0 Å². The maximum absolute atomic E-state index is 8.88. The zero-order chi connectivity index (χ0) is 12.1. The Kier molecular flexibility index (Phi) is 4.38. The zero-order valence-electron chi connectivity index (χ0n) is 10.7. The van der Waals surface area contributed by atoms with Crippen molar-refractivity contribution in [2.24, 2.45) is 0 Å². The van der Waals surface area contributed by atoms with E-state index in [9.17, 15) is 0 Å². The Morgan fingerprint density at radius 3 is 2.41 bits per heavy atom. The van der Waals surface area contributed by atoms with Crippen molar-refractivity contribution in [1.82, 2.24) is 0 Å². The van der Waals surface area contributed by atoms with E-state index in [0.717, 1.165) is 11.5 Å². The van der Waals surface area contributed by atoms with Gasteiger partial charge in [0.2, 0.25) is 0 Å². The number of benzene rings is 1. The minimum absolute atomic E-state index is 0.121. The standard InChI is InChI=1S/C16H22O/c1-13(11-12-17)14-7-9-16(10-8-14)15-5-3-2-4-6-15/h7-11,15,17H,2-6,12H2,1H3. The maximum Gasteiger partial charge on any atom is 0.0618 e. The van der Waals surface area contributed by atoms with Crippen LogP contribution in [0.2, 0.25) is 0 Å². The average molecular weight is 230 g/mol. The summed E-state index contributed by atoms with van der Waals surface area (Å²) < 4.78 is 0. The highest BCUT2D eigenvalue weighted by molar-refractivity contribution is 5.63. The van der Waals surface area contributed by atoms with Crippen LogP contribution >= 0.6 is 0 Å². The van der Waals surface area contributed by atoms with Crippen LogP contribution in [-0.4, -0.2) is 11.7 Å². The fourth-order valence-corrected chi connectivity index (χ4v) is 2.71. The van der Waals surface area contributed by atoms with Crippen LogP contribution < -0.4 is 0 Å². The van der Waals surface area contributed by atoms with Gasteiger partial charge in [-0.05, 0) is 42.4 Å². The van der Waals surface area contributed by atoms with E-state index < -0.39 is 0 Å². The molecule has 0 aliphatic heterocycles. The Labute approximate surface area is 104 Å². The molecule has 1 nitrogen and oxygen atoms in total. The molecule has 1 aromatic carbocycles. The second kappa shape index (κ2) is 6.02. The van der Waals surface area contributed by atoms with Gasteiger partial charge in [0, 0.05) is 0 Å². The molecule has 1 aliphatic rings. The largest absolute Gasteiger partial charge is 0.392 e. The fraction of sp³-hybridized carbons (Fsp3) is 0.500. The molecule has 0 aromatic heterocycles. The van der Waals surface area contributed by atoms with E-state index >= 15 is 0 Å². The summed E-state index contributed by atoms with van der Waals surface area (Å²) in [4.78, 5) is 0. The van der Waals surface area contributed by atoms with Gasteiger partial charge in [-0.25, -0.2) is 0 Å². The first-order chi connectivity index (χ1) is 8.31. The van der Waals surface area contributed by atoms with Crippen LogP contribution in [0.3, 0.4) is 0 Å². The number of allylic oxidation sites excluding steroid dienone is 1. The molecule has 92 valence electrons. The first kappa shape index (κ1) is 12.4. The summed E-state index contributed by atoms with van der Waals surface area (Å²) in [7, 11) is 0. The quantitative estimate of drug-likeness (QED) is 0.827. The van der Waals surface area contributed by atoms with E-state index in [4.69, 9.17) is 5.11 Å². The number of rotatable bonds is 3. The Morgan fingerprint density at radius 2 is 1.82 bits per heavy atom. The second-order valence-corrected chi connectivity index (χ2v) is 5.03. The van der Waals surface area contributed by atoms with Crippen LogP contribution in [0.25, 0.3) is 5.57 Å². The van der Waals surface area contributed by atoms with E-state index in [1.54, 1.807) is 0 Å². The molecule has 0 unspecified atom stereocenters. The monoisotopic (exact) mass is 230 g/mol. The normalized spacial score (nSPS) is 18.4. The first-order valence-corrected chi connectivity index (χ1v) is 6.69. The van der Waals surface area contributed by atoms with E-state index in [1.165, 1.54) is 43.2 Å². The van der Waals surface area contributed by atoms with Crippen LogP contribution in [0, 0.1) is 0 Å². The van der Waals surface area contributed by atoms with Crippen molar-refractivity contribution < 1.29 is 5.11 Å². The van der Waals surface area contributed by atoms with Gasteiger partial charge >= 0.3 is 0 Å². The van der Waals surface area contributed by atoms with Crippen molar-refractivity contribution in [3.8, 4) is 0 Å². The van der Waals surface area contributed by atoms with Gasteiger partial charge in [0.05, 0.1) is 6.61 Å². The molecule has 1 saturated carbocycles. The molecule has 0 heterocycles.